The van der Waals surface area contributed by atoms with E-state index in [1.807, 2.05) is 12.3 Å². The Bertz CT molecular complexity index is 395. The summed E-state index contributed by atoms with van der Waals surface area (Å²) in [5.41, 5.74) is 0. The van der Waals surface area contributed by atoms with Gasteiger partial charge in [0.25, 0.3) is 0 Å². The van der Waals surface area contributed by atoms with E-state index in [0.717, 1.165) is 44.5 Å². The molecule has 0 radical (unpaired) electrons. The van der Waals surface area contributed by atoms with Crippen molar-refractivity contribution in [2.45, 2.75) is 25.7 Å². The van der Waals surface area contributed by atoms with Crippen molar-refractivity contribution in [2.24, 2.45) is 5.92 Å². The molecule has 2 heterocycles. The van der Waals surface area contributed by atoms with Crippen molar-refractivity contribution < 1.29 is 0 Å². The van der Waals surface area contributed by atoms with Crippen molar-refractivity contribution in [1.29, 1.82) is 0 Å². The molecule has 116 valence electrons. The van der Waals surface area contributed by atoms with Gasteiger partial charge in [-0.05, 0) is 37.4 Å². The summed E-state index contributed by atoms with van der Waals surface area (Å²) in [5.74, 6) is 2.07. The molecular formula is C17H28N4. The zero-order valence-corrected chi connectivity index (χ0v) is 13.0. The molecule has 1 aromatic heterocycles. The lowest BCUT2D eigenvalue weighted by Gasteiger charge is -2.35. The number of piperazine rings is 1. The molecule has 0 unspecified atom stereocenters. The number of nitrogens with one attached hydrogen (secondary N) is 1. The summed E-state index contributed by atoms with van der Waals surface area (Å²) in [6.07, 6.45) is 7.66. The van der Waals surface area contributed by atoms with Gasteiger partial charge in [0.15, 0.2) is 0 Å². The highest BCUT2D eigenvalue weighted by Crippen LogP contribution is 2.23. The van der Waals surface area contributed by atoms with Gasteiger partial charge in [0.1, 0.15) is 5.82 Å². The maximum absolute atomic E-state index is 4.44. The molecule has 0 bridgehead atoms. The van der Waals surface area contributed by atoms with Crippen molar-refractivity contribution in [2.75, 3.05) is 50.7 Å². The molecular weight excluding hydrogens is 260 g/mol. The van der Waals surface area contributed by atoms with Gasteiger partial charge in [0.05, 0.1) is 0 Å². The first-order chi connectivity index (χ1) is 10.4. The molecule has 21 heavy (non-hydrogen) atoms. The molecule has 3 rings (SSSR count). The van der Waals surface area contributed by atoms with Crippen molar-refractivity contribution in [3.8, 4) is 0 Å². The summed E-state index contributed by atoms with van der Waals surface area (Å²) in [6, 6.07) is 6.16. The molecule has 2 fully saturated rings. The lowest BCUT2D eigenvalue weighted by Crippen LogP contribution is -2.48. The fraction of sp³-hybridized carbons (Fsp3) is 0.706. The topological polar surface area (TPSA) is 31.4 Å². The van der Waals surface area contributed by atoms with Crippen LogP contribution in [0.5, 0.6) is 0 Å². The Kier molecular flexibility index (Phi) is 5.46. The highest BCUT2D eigenvalue weighted by Gasteiger charge is 2.18. The number of hydrogen-bond donors (Lipinski definition) is 1. The number of anilines is 1. The van der Waals surface area contributed by atoms with Gasteiger partial charge in [-0.25, -0.2) is 4.98 Å². The minimum absolute atomic E-state index is 0.950. The fourth-order valence-electron chi connectivity index (χ4n) is 3.50. The van der Waals surface area contributed by atoms with Gasteiger partial charge in [-0.3, -0.25) is 4.90 Å². The largest absolute Gasteiger partial charge is 0.354 e. The van der Waals surface area contributed by atoms with Crippen LogP contribution < -0.4 is 10.2 Å². The first-order valence-electron chi connectivity index (χ1n) is 8.51. The number of rotatable bonds is 6. The van der Waals surface area contributed by atoms with Crippen LogP contribution in [0.3, 0.4) is 0 Å². The Morgan fingerprint density at radius 1 is 1.10 bits per heavy atom. The summed E-state index contributed by atoms with van der Waals surface area (Å²) in [6.45, 7) is 8.05. The van der Waals surface area contributed by atoms with E-state index in [0.29, 0.717) is 0 Å². The Hall–Kier alpha value is -1.13. The first-order valence-corrected chi connectivity index (χ1v) is 8.51. The van der Waals surface area contributed by atoms with E-state index in [4.69, 9.17) is 0 Å². The maximum Gasteiger partial charge on any atom is 0.128 e. The Balaban J connectivity index is 1.30. The third kappa shape index (κ3) is 4.42. The van der Waals surface area contributed by atoms with Gasteiger partial charge in [0, 0.05) is 45.5 Å². The molecule has 0 amide bonds. The third-order valence-corrected chi connectivity index (χ3v) is 4.86. The third-order valence-electron chi connectivity index (χ3n) is 4.86. The summed E-state index contributed by atoms with van der Waals surface area (Å²) in [7, 11) is 0. The fourth-order valence-corrected chi connectivity index (χ4v) is 3.50. The van der Waals surface area contributed by atoms with Crippen LogP contribution in [-0.4, -0.2) is 55.7 Å². The molecule has 4 heteroatoms. The van der Waals surface area contributed by atoms with Crippen LogP contribution in [0.1, 0.15) is 25.7 Å². The number of pyridine rings is 1. The van der Waals surface area contributed by atoms with Gasteiger partial charge in [0.2, 0.25) is 0 Å². The van der Waals surface area contributed by atoms with Crippen LogP contribution in [0.2, 0.25) is 0 Å². The molecule has 1 saturated carbocycles. The Morgan fingerprint density at radius 2 is 1.90 bits per heavy atom. The second-order valence-corrected chi connectivity index (χ2v) is 6.37. The van der Waals surface area contributed by atoms with Crippen LogP contribution in [0.25, 0.3) is 0 Å². The number of hydrogen-bond acceptors (Lipinski definition) is 4. The van der Waals surface area contributed by atoms with E-state index >= 15 is 0 Å². The zero-order chi connectivity index (χ0) is 14.3. The molecule has 1 aliphatic carbocycles. The highest BCUT2D eigenvalue weighted by atomic mass is 15.3. The molecule has 0 aromatic carbocycles. The molecule has 1 N–H and O–H groups in total. The molecule has 1 aromatic rings. The average Bonchev–Trinajstić information content (AvgIpc) is 3.06. The predicted octanol–water partition coefficient (Wildman–Crippen LogP) is 1.98. The van der Waals surface area contributed by atoms with E-state index in [1.165, 1.54) is 38.8 Å². The molecule has 2 aliphatic rings. The zero-order valence-electron chi connectivity index (χ0n) is 13.0. The Morgan fingerprint density at radius 3 is 2.62 bits per heavy atom. The second kappa shape index (κ2) is 7.76. The van der Waals surface area contributed by atoms with E-state index in [-0.39, 0.29) is 0 Å². The molecule has 1 saturated heterocycles. The summed E-state index contributed by atoms with van der Waals surface area (Å²) >= 11 is 0. The first kappa shape index (κ1) is 14.8. The summed E-state index contributed by atoms with van der Waals surface area (Å²) in [4.78, 5) is 9.40. The van der Waals surface area contributed by atoms with Crippen LogP contribution in [0, 0.1) is 5.92 Å². The summed E-state index contributed by atoms with van der Waals surface area (Å²) in [5, 5.41) is 3.65. The predicted molar refractivity (Wildman–Crippen MR) is 87.7 cm³/mol. The van der Waals surface area contributed by atoms with Gasteiger partial charge < -0.3 is 10.2 Å². The highest BCUT2D eigenvalue weighted by molar-refractivity contribution is 5.38. The van der Waals surface area contributed by atoms with E-state index in [1.54, 1.807) is 0 Å². The van der Waals surface area contributed by atoms with E-state index in [2.05, 4.69) is 32.2 Å². The van der Waals surface area contributed by atoms with Crippen molar-refractivity contribution in [1.82, 2.24) is 15.2 Å². The van der Waals surface area contributed by atoms with Crippen LogP contribution in [0.15, 0.2) is 24.4 Å². The van der Waals surface area contributed by atoms with Crippen LogP contribution >= 0.6 is 0 Å². The van der Waals surface area contributed by atoms with Gasteiger partial charge in [-0.2, -0.15) is 0 Å². The van der Waals surface area contributed by atoms with Crippen molar-refractivity contribution in [3.05, 3.63) is 24.4 Å². The van der Waals surface area contributed by atoms with Gasteiger partial charge in [-0.15, -0.1) is 0 Å². The monoisotopic (exact) mass is 288 g/mol. The van der Waals surface area contributed by atoms with Gasteiger partial charge >= 0.3 is 0 Å². The second-order valence-electron chi connectivity index (χ2n) is 6.37. The van der Waals surface area contributed by atoms with E-state index < -0.39 is 0 Å². The molecule has 1 aliphatic heterocycles. The lowest BCUT2D eigenvalue weighted by atomic mass is 10.1. The van der Waals surface area contributed by atoms with Crippen molar-refractivity contribution in [3.63, 3.8) is 0 Å². The average molecular weight is 288 g/mol. The minimum atomic E-state index is 0.950. The SMILES string of the molecule is c1ccc(N2CCN(CCNCC3CCCC3)CC2)nc1. The van der Waals surface area contributed by atoms with Gasteiger partial charge in [-0.1, -0.05) is 18.9 Å². The quantitative estimate of drug-likeness (QED) is 0.811. The Labute approximate surface area is 128 Å². The van der Waals surface area contributed by atoms with Crippen LogP contribution in [-0.2, 0) is 0 Å². The number of aromatic nitrogens is 1. The maximum atomic E-state index is 4.44. The van der Waals surface area contributed by atoms with E-state index in [9.17, 15) is 0 Å². The minimum Gasteiger partial charge on any atom is -0.354 e. The molecule has 0 atom stereocenters. The van der Waals surface area contributed by atoms with Crippen LogP contribution in [0.4, 0.5) is 5.82 Å². The smallest absolute Gasteiger partial charge is 0.128 e. The standard InChI is InChI=1S/C17H28N4/c1-2-6-16(5-1)15-18-9-10-20-11-13-21(14-12-20)17-7-3-4-8-19-17/h3-4,7-8,16,18H,1-2,5-6,9-15H2. The summed E-state index contributed by atoms with van der Waals surface area (Å²) < 4.78 is 0. The normalized spacial score (nSPS) is 21.0. The van der Waals surface area contributed by atoms with Crippen molar-refractivity contribution >= 4 is 5.82 Å². The number of nitrogens with zero attached hydrogens (tertiary/aromatic N) is 3. The lowest BCUT2D eigenvalue weighted by molar-refractivity contribution is 0.255. The molecule has 0 spiro atoms. The molecule has 4 nitrogen and oxygen atoms in total.